The quantitative estimate of drug-likeness (QED) is 0.122. The van der Waals surface area contributed by atoms with Crippen LogP contribution in [0.15, 0.2) is 0 Å². The summed E-state index contributed by atoms with van der Waals surface area (Å²) < 4.78 is 0. The van der Waals surface area contributed by atoms with Gasteiger partial charge < -0.3 is 22.1 Å². The third-order valence-electron chi connectivity index (χ3n) is 14.0. The van der Waals surface area contributed by atoms with Crippen LogP contribution in [0.1, 0.15) is 150 Å². The number of unbranched alkanes of at least 4 members (excludes halogenated alkanes) is 5. The molecule has 6 N–H and O–H groups in total. The normalized spacial score (nSPS) is 37.7. The van der Waals surface area contributed by atoms with E-state index in [0.717, 1.165) is 48.1 Å². The van der Waals surface area contributed by atoms with Crippen molar-refractivity contribution in [3.63, 3.8) is 0 Å². The molecule has 4 heteroatoms. The molecule has 0 spiro atoms. The fraction of sp³-hybridized carbons (Fsp3) is 1.00. The Morgan fingerprint density at radius 3 is 2.17 bits per heavy atom. The zero-order valence-corrected chi connectivity index (χ0v) is 28.9. The molecular formula is C38H74N4. The first kappa shape index (κ1) is 34.7. The Balaban J connectivity index is 1.17. The van der Waals surface area contributed by atoms with Gasteiger partial charge in [0.15, 0.2) is 0 Å². The Bertz CT molecular complexity index is 770. The average Bonchev–Trinajstić information content (AvgIpc) is 3.33. The minimum absolute atomic E-state index is 0.376. The number of nitrogens with one attached hydrogen (secondary N) is 2. The molecule has 4 fully saturated rings. The highest BCUT2D eigenvalue weighted by Crippen LogP contribution is 2.68. The molecule has 42 heavy (non-hydrogen) atoms. The van der Waals surface area contributed by atoms with Crippen LogP contribution >= 0.6 is 0 Å². The highest BCUT2D eigenvalue weighted by atomic mass is 14.9. The molecule has 4 rings (SSSR count). The standard InChI is InChI=1S/C38H74N4/c1-28(2)36(40)18-13-29(3)33-16-17-34-32-15-14-30-27-31(19-21-37(30,4)35(32)20-22-38(33,34)5)42-26-12-25-41-24-11-9-7-6-8-10-23-39/h28-36,41-42H,6-27,39-40H2,1-5H3/t29-,30-,31+,32?,33-,34?,35?,36?,37+,38-/m1/s1. The van der Waals surface area contributed by atoms with Crippen molar-refractivity contribution in [3.8, 4) is 0 Å². The van der Waals surface area contributed by atoms with Crippen LogP contribution < -0.4 is 22.1 Å². The maximum absolute atomic E-state index is 6.47. The van der Waals surface area contributed by atoms with Crippen molar-refractivity contribution in [2.24, 2.45) is 63.7 Å². The summed E-state index contributed by atoms with van der Waals surface area (Å²) in [6.45, 7) is 17.0. The van der Waals surface area contributed by atoms with Crippen LogP contribution in [0.2, 0.25) is 0 Å². The fourth-order valence-electron chi connectivity index (χ4n) is 11.2. The molecule has 0 heterocycles. The molecule has 0 aromatic carbocycles. The van der Waals surface area contributed by atoms with Gasteiger partial charge in [0.1, 0.15) is 0 Å². The van der Waals surface area contributed by atoms with E-state index in [2.05, 4.69) is 45.3 Å². The van der Waals surface area contributed by atoms with E-state index in [1.807, 2.05) is 0 Å². The lowest BCUT2D eigenvalue weighted by Crippen LogP contribution is -2.55. The van der Waals surface area contributed by atoms with Crippen molar-refractivity contribution in [1.82, 2.24) is 10.6 Å². The largest absolute Gasteiger partial charge is 0.330 e. The van der Waals surface area contributed by atoms with Crippen LogP contribution in [0.25, 0.3) is 0 Å². The molecule has 0 amide bonds. The zero-order chi connectivity index (χ0) is 30.2. The Kier molecular flexibility index (Phi) is 13.6. The van der Waals surface area contributed by atoms with Gasteiger partial charge in [-0.15, -0.1) is 0 Å². The Labute approximate surface area is 262 Å². The first-order valence-electron chi connectivity index (χ1n) is 19.1. The average molecular weight is 587 g/mol. The number of hydrogen-bond donors (Lipinski definition) is 4. The molecule has 4 unspecified atom stereocenters. The van der Waals surface area contributed by atoms with Crippen molar-refractivity contribution < 1.29 is 0 Å². The summed E-state index contributed by atoms with van der Waals surface area (Å²) in [7, 11) is 0. The molecule has 0 saturated heterocycles. The maximum atomic E-state index is 6.47. The van der Waals surface area contributed by atoms with E-state index in [1.165, 1.54) is 135 Å². The highest BCUT2D eigenvalue weighted by molar-refractivity contribution is 5.10. The fourth-order valence-corrected chi connectivity index (χ4v) is 11.2. The van der Waals surface area contributed by atoms with E-state index in [-0.39, 0.29) is 0 Å². The third-order valence-corrected chi connectivity index (χ3v) is 14.0. The molecule has 4 nitrogen and oxygen atoms in total. The summed E-state index contributed by atoms with van der Waals surface area (Å²) in [6, 6.07) is 1.14. The summed E-state index contributed by atoms with van der Waals surface area (Å²) in [5, 5.41) is 7.69. The first-order chi connectivity index (χ1) is 20.2. The van der Waals surface area contributed by atoms with Gasteiger partial charge in [-0.3, -0.25) is 0 Å². The summed E-state index contributed by atoms with van der Waals surface area (Å²) in [5.41, 5.74) is 13.2. The van der Waals surface area contributed by atoms with E-state index in [9.17, 15) is 0 Å². The molecule has 0 aliphatic heterocycles. The minimum Gasteiger partial charge on any atom is -0.330 e. The van der Waals surface area contributed by atoms with E-state index in [1.54, 1.807) is 0 Å². The van der Waals surface area contributed by atoms with Gasteiger partial charge in [-0.2, -0.15) is 0 Å². The molecule has 246 valence electrons. The van der Waals surface area contributed by atoms with Gasteiger partial charge in [0.25, 0.3) is 0 Å². The SMILES string of the molecule is CC(C)C(N)CC[C@@H](C)[C@H]1CCC2C3CC[C@@H]4C[C@@H](NCCCNCCCCCCCCN)CC[C@]4(C)C3CC[C@@]21C. The van der Waals surface area contributed by atoms with Crippen LogP contribution in [0.3, 0.4) is 0 Å². The Morgan fingerprint density at radius 2 is 1.40 bits per heavy atom. The molecule has 0 aromatic rings. The molecule has 4 aliphatic rings. The summed E-state index contributed by atoms with van der Waals surface area (Å²) >= 11 is 0. The zero-order valence-electron chi connectivity index (χ0n) is 28.9. The minimum atomic E-state index is 0.376. The second kappa shape index (κ2) is 16.4. The molecular weight excluding hydrogens is 512 g/mol. The predicted molar refractivity (Wildman–Crippen MR) is 182 cm³/mol. The van der Waals surface area contributed by atoms with Crippen molar-refractivity contribution in [2.75, 3.05) is 26.2 Å². The number of nitrogens with two attached hydrogens (primary N) is 2. The van der Waals surface area contributed by atoms with Crippen LogP contribution in [0.5, 0.6) is 0 Å². The molecule has 0 bridgehead atoms. The topological polar surface area (TPSA) is 76.1 Å². The molecule has 0 aromatic heterocycles. The monoisotopic (exact) mass is 587 g/mol. The smallest absolute Gasteiger partial charge is 0.00701 e. The first-order valence-corrected chi connectivity index (χ1v) is 19.1. The van der Waals surface area contributed by atoms with Gasteiger partial charge in [0.05, 0.1) is 0 Å². The van der Waals surface area contributed by atoms with E-state index >= 15 is 0 Å². The van der Waals surface area contributed by atoms with Gasteiger partial charge in [-0.25, -0.2) is 0 Å². The van der Waals surface area contributed by atoms with Crippen molar-refractivity contribution >= 4 is 0 Å². The molecule has 10 atom stereocenters. The maximum Gasteiger partial charge on any atom is 0.00701 e. The second-order valence-corrected chi connectivity index (χ2v) is 16.8. The van der Waals surface area contributed by atoms with Crippen molar-refractivity contribution in [1.29, 1.82) is 0 Å². The molecule has 4 saturated carbocycles. The third kappa shape index (κ3) is 8.35. The lowest BCUT2D eigenvalue weighted by Gasteiger charge is -2.61. The van der Waals surface area contributed by atoms with Gasteiger partial charge in [0.2, 0.25) is 0 Å². The van der Waals surface area contributed by atoms with Crippen LogP contribution in [0, 0.1) is 52.3 Å². The van der Waals surface area contributed by atoms with Gasteiger partial charge in [0, 0.05) is 12.1 Å². The number of rotatable bonds is 18. The molecule has 0 radical (unpaired) electrons. The van der Waals surface area contributed by atoms with E-state index in [0.29, 0.717) is 22.8 Å². The van der Waals surface area contributed by atoms with Crippen LogP contribution in [0.4, 0.5) is 0 Å². The van der Waals surface area contributed by atoms with Crippen LogP contribution in [-0.4, -0.2) is 38.3 Å². The van der Waals surface area contributed by atoms with Gasteiger partial charge >= 0.3 is 0 Å². The summed E-state index contributed by atoms with van der Waals surface area (Å²) in [5.74, 6) is 6.30. The highest BCUT2D eigenvalue weighted by Gasteiger charge is 2.60. The van der Waals surface area contributed by atoms with E-state index < -0.39 is 0 Å². The van der Waals surface area contributed by atoms with Gasteiger partial charge in [-0.1, -0.05) is 60.3 Å². The lowest BCUT2D eigenvalue weighted by atomic mass is 9.44. The van der Waals surface area contributed by atoms with Gasteiger partial charge in [-0.05, 0) is 168 Å². The second-order valence-electron chi connectivity index (χ2n) is 16.8. The van der Waals surface area contributed by atoms with Crippen molar-refractivity contribution in [2.45, 2.75) is 162 Å². The Morgan fingerprint density at radius 1 is 0.714 bits per heavy atom. The lowest BCUT2D eigenvalue weighted by molar-refractivity contribution is -0.118. The van der Waals surface area contributed by atoms with Crippen molar-refractivity contribution in [3.05, 3.63) is 0 Å². The van der Waals surface area contributed by atoms with Crippen LogP contribution in [-0.2, 0) is 0 Å². The summed E-state index contributed by atoms with van der Waals surface area (Å²) in [6.07, 6.45) is 25.1. The summed E-state index contributed by atoms with van der Waals surface area (Å²) in [4.78, 5) is 0. The predicted octanol–water partition coefficient (Wildman–Crippen LogP) is 8.28. The van der Waals surface area contributed by atoms with E-state index in [4.69, 9.17) is 11.5 Å². The molecule has 4 aliphatic carbocycles. The number of hydrogen-bond acceptors (Lipinski definition) is 4. The number of fused-ring (bicyclic) bond motifs is 5. The Hall–Kier alpha value is -0.160.